The Kier molecular flexibility index (Phi) is 7.63. The molecular weight excluding hydrogens is 654 g/mol. The minimum absolute atomic E-state index is 0.0433. The quantitative estimate of drug-likeness (QED) is 0.316. The summed E-state index contributed by atoms with van der Waals surface area (Å²) in [5, 5.41) is 3.78. The van der Waals surface area contributed by atoms with E-state index in [1.807, 2.05) is 6.92 Å². The predicted molar refractivity (Wildman–Crippen MR) is 168 cm³/mol. The molecule has 16 heteroatoms. The smallest absolute Gasteiger partial charge is 0.418 e. The molecule has 1 saturated carbocycles. The summed E-state index contributed by atoms with van der Waals surface area (Å²) in [6.45, 7) is 5.49. The number of hydrogen-bond donors (Lipinski definition) is 2. The minimum atomic E-state index is -4.88. The molecule has 49 heavy (non-hydrogen) atoms. The number of nitrogens with zero attached hydrogens (tertiary/aromatic N) is 6. The van der Waals surface area contributed by atoms with E-state index in [9.17, 15) is 22.0 Å². The molecule has 1 aliphatic carbocycles. The summed E-state index contributed by atoms with van der Waals surface area (Å²) in [4.78, 5) is 21.7. The van der Waals surface area contributed by atoms with Crippen molar-refractivity contribution in [2.75, 3.05) is 43.4 Å². The van der Waals surface area contributed by atoms with Crippen LogP contribution >= 0.6 is 0 Å². The number of likely N-dealkylation sites (tertiary alicyclic amines) is 1. The highest BCUT2D eigenvalue weighted by molar-refractivity contribution is 5.97. The minimum Gasteiger partial charge on any atom is -0.472 e. The van der Waals surface area contributed by atoms with Crippen molar-refractivity contribution in [3.8, 4) is 23.1 Å². The predicted octanol–water partition coefficient (Wildman–Crippen LogP) is 5.63. The number of rotatable bonds is 6. The fraction of sp³-hybridized carbons (Fsp3) is 0.576. The number of nitrogen functional groups attached to an aromatic ring is 1. The van der Waals surface area contributed by atoms with Gasteiger partial charge in [0.25, 0.3) is 6.08 Å². The highest BCUT2D eigenvalue weighted by Crippen LogP contribution is 2.49. The number of piperidine rings is 1. The number of nitrogens with two attached hydrogens (primary N) is 1. The number of aromatic nitrogens is 4. The first-order valence-electron chi connectivity index (χ1n) is 16.6. The summed E-state index contributed by atoms with van der Waals surface area (Å²) >= 11 is 0. The number of ether oxygens (including phenoxy) is 2. The molecule has 5 aliphatic rings. The molecule has 2 bridgehead atoms. The van der Waals surface area contributed by atoms with E-state index < -0.39 is 46.7 Å². The number of aryl methyl sites for hydroxylation is 1. The lowest BCUT2D eigenvalue weighted by Gasteiger charge is -2.42. The van der Waals surface area contributed by atoms with Crippen molar-refractivity contribution in [1.29, 1.82) is 0 Å². The molecule has 0 radical (unpaired) electrons. The van der Waals surface area contributed by atoms with Gasteiger partial charge in [-0.1, -0.05) is 0 Å². The molecule has 4 aliphatic heterocycles. The van der Waals surface area contributed by atoms with E-state index in [0.717, 1.165) is 38.7 Å². The maximum Gasteiger partial charge on any atom is 0.418 e. The lowest BCUT2D eigenvalue weighted by Crippen LogP contribution is -2.62. The van der Waals surface area contributed by atoms with E-state index in [-0.39, 0.29) is 64.3 Å². The molecule has 0 aromatic carbocycles. The fourth-order valence-corrected chi connectivity index (χ4v) is 8.16. The van der Waals surface area contributed by atoms with Gasteiger partial charge >= 0.3 is 12.2 Å². The van der Waals surface area contributed by atoms with Gasteiger partial charge in [-0.25, -0.2) is 14.4 Å². The third-order valence-electron chi connectivity index (χ3n) is 10.7. The monoisotopic (exact) mass is 690 g/mol. The topological polar surface area (TPSA) is 115 Å². The molecule has 3 aromatic rings. The lowest BCUT2D eigenvalue weighted by atomic mass is 9.99. The Balaban J connectivity index is 1.21. The fourth-order valence-electron chi connectivity index (χ4n) is 8.16. The molecule has 4 atom stereocenters. The van der Waals surface area contributed by atoms with Crippen LogP contribution in [0, 0.1) is 18.2 Å². The Hall–Kier alpha value is -3.92. The molecule has 10 nitrogen and oxygen atoms in total. The molecule has 4 unspecified atom stereocenters. The summed E-state index contributed by atoms with van der Waals surface area (Å²) in [6, 6.07) is 0.835. The number of halogens is 6. The van der Waals surface area contributed by atoms with Crippen LogP contribution in [0.2, 0.25) is 0 Å². The number of hydrogen-bond acceptors (Lipinski definition) is 10. The number of piperazine rings is 1. The standard InChI is InChI=1S/C33H36F6N8O2/c1-15-23(33(37,38)39)19(11-21(40)41-15)25-24(34)26-22-29(47-12-18-3-4-20(42-18)27(47)16(2)49-30(22)43-25)45-31(44-26)48-14-32(7-8-32)13-46-9-5-17(6-10-46)28(35)36/h11,16,18,20,27,42H,3-10,12-14H2,1-2H3,(H2,40,41). The third-order valence-corrected chi connectivity index (χ3v) is 10.7. The van der Waals surface area contributed by atoms with E-state index in [1.165, 1.54) is 0 Å². The first-order valence-corrected chi connectivity index (χ1v) is 16.6. The van der Waals surface area contributed by atoms with Gasteiger partial charge in [0.15, 0.2) is 5.82 Å². The van der Waals surface area contributed by atoms with Crippen LogP contribution in [0.1, 0.15) is 56.7 Å². The van der Waals surface area contributed by atoms with Crippen LogP contribution in [0.3, 0.4) is 0 Å². The average molecular weight is 691 g/mol. The Bertz CT molecular complexity index is 1850. The van der Waals surface area contributed by atoms with E-state index in [4.69, 9.17) is 20.2 Å². The number of fused-ring (bicyclic) bond motifs is 5. The van der Waals surface area contributed by atoms with Gasteiger partial charge in [0.2, 0.25) is 5.88 Å². The maximum atomic E-state index is 16.8. The van der Waals surface area contributed by atoms with Gasteiger partial charge in [-0.05, 0) is 64.0 Å². The molecule has 3 aromatic heterocycles. The molecule has 262 valence electrons. The van der Waals surface area contributed by atoms with Crippen LogP contribution in [0.5, 0.6) is 11.9 Å². The van der Waals surface area contributed by atoms with Gasteiger partial charge in [0, 0.05) is 49.2 Å². The first kappa shape index (κ1) is 32.3. The number of pyridine rings is 2. The van der Waals surface area contributed by atoms with E-state index in [0.29, 0.717) is 44.8 Å². The van der Waals surface area contributed by atoms with Crippen LogP contribution < -0.4 is 25.4 Å². The van der Waals surface area contributed by atoms with E-state index >= 15 is 4.39 Å². The number of alkyl halides is 3. The average Bonchev–Trinajstić information content (AvgIpc) is 3.73. The van der Waals surface area contributed by atoms with Crippen molar-refractivity contribution in [2.45, 2.75) is 82.8 Å². The molecule has 7 heterocycles. The zero-order chi connectivity index (χ0) is 34.4. The summed E-state index contributed by atoms with van der Waals surface area (Å²) in [5.74, 6) is -1.03. The Morgan fingerprint density at radius 3 is 2.57 bits per heavy atom. The lowest BCUT2D eigenvalue weighted by molar-refractivity contribution is -0.137. The zero-order valence-electron chi connectivity index (χ0n) is 27.0. The second-order valence-corrected chi connectivity index (χ2v) is 14.1. The highest BCUT2D eigenvalue weighted by atomic mass is 19.4. The SMILES string of the molecule is Cc1nc(N)cc(-c2nc3c4c(nc(OCC5(CN6CCC(=C(F)F)CC6)CC5)nc4c2F)N2CC4CCC(N4)C2C(C)O3)c1C(F)(F)F. The molecule has 3 saturated heterocycles. The maximum absolute atomic E-state index is 16.8. The molecule has 0 spiro atoms. The molecule has 4 fully saturated rings. The van der Waals surface area contributed by atoms with Crippen molar-refractivity contribution in [3.63, 3.8) is 0 Å². The van der Waals surface area contributed by atoms with Gasteiger partial charge in [0.1, 0.15) is 34.3 Å². The van der Waals surface area contributed by atoms with Gasteiger partial charge in [0.05, 0.1) is 23.9 Å². The van der Waals surface area contributed by atoms with Crippen LogP contribution in [0.4, 0.5) is 38.0 Å². The summed E-state index contributed by atoms with van der Waals surface area (Å²) < 4.78 is 98.7. The van der Waals surface area contributed by atoms with Gasteiger partial charge in [-0.15, -0.1) is 0 Å². The summed E-state index contributed by atoms with van der Waals surface area (Å²) in [5.41, 5.74) is 2.81. The van der Waals surface area contributed by atoms with Crippen molar-refractivity contribution in [3.05, 3.63) is 34.8 Å². The van der Waals surface area contributed by atoms with Crippen LogP contribution in [0.15, 0.2) is 17.7 Å². The third kappa shape index (κ3) is 5.69. The largest absolute Gasteiger partial charge is 0.472 e. The Labute approximate surface area is 278 Å². The van der Waals surface area contributed by atoms with E-state index in [2.05, 4.69) is 30.1 Å². The van der Waals surface area contributed by atoms with Crippen LogP contribution in [-0.2, 0) is 6.18 Å². The molecule has 3 N–H and O–H groups in total. The highest BCUT2D eigenvalue weighted by Gasteiger charge is 2.48. The second-order valence-electron chi connectivity index (χ2n) is 14.1. The summed E-state index contributed by atoms with van der Waals surface area (Å²) in [7, 11) is 0. The van der Waals surface area contributed by atoms with Gasteiger partial charge in [-0.3, -0.25) is 0 Å². The normalized spacial score (nSPS) is 26.0. The van der Waals surface area contributed by atoms with Crippen LogP contribution in [-0.4, -0.2) is 81.9 Å². The van der Waals surface area contributed by atoms with Crippen molar-refractivity contribution < 1.29 is 35.8 Å². The Morgan fingerprint density at radius 2 is 1.88 bits per heavy atom. The van der Waals surface area contributed by atoms with Gasteiger partial charge < -0.3 is 30.3 Å². The first-order chi connectivity index (χ1) is 23.3. The van der Waals surface area contributed by atoms with Crippen molar-refractivity contribution in [2.24, 2.45) is 5.41 Å². The Morgan fingerprint density at radius 1 is 1.12 bits per heavy atom. The number of anilines is 2. The zero-order valence-corrected chi connectivity index (χ0v) is 27.0. The number of nitrogens with one attached hydrogen (secondary N) is 1. The molecule has 8 rings (SSSR count). The van der Waals surface area contributed by atoms with Crippen molar-refractivity contribution in [1.82, 2.24) is 30.2 Å². The summed E-state index contributed by atoms with van der Waals surface area (Å²) in [6.07, 6.45) is -2.78. The van der Waals surface area contributed by atoms with Crippen molar-refractivity contribution >= 4 is 22.5 Å². The van der Waals surface area contributed by atoms with Crippen LogP contribution in [0.25, 0.3) is 22.2 Å². The molecule has 0 amide bonds. The second kappa shape index (κ2) is 11.6. The molecular formula is C33H36F6N8O2. The van der Waals surface area contributed by atoms with Gasteiger partial charge in [-0.2, -0.15) is 31.9 Å². The van der Waals surface area contributed by atoms with E-state index in [1.54, 1.807) is 0 Å².